The summed E-state index contributed by atoms with van der Waals surface area (Å²) >= 11 is 0. The van der Waals surface area contributed by atoms with Crippen LogP contribution in [0, 0.1) is 0 Å². The summed E-state index contributed by atoms with van der Waals surface area (Å²) in [4.78, 5) is 0. The predicted octanol–water partition coefficient (Wildman–Crippen LogP) is 1.72. The number of hydrogen-bond donors (Lipinski definition) is 1. The molecule has 0 saturated heterocycles. The molecule has 1 nitrogen and oxygen atoms in total. The first-order chi connectivity index (χ1) is 3.81. The third-order valence-electron chi connectivity index (χ3n) is 1.18. The fraction of sp³-hybridized carbons (Fsp3) is 0.714. The van der Waals surface area contributed by atoms with E-state index in [1.54, 1.807) is 0 Å². The van der Waals surface area contributed by atoms with Crippen LogP contribution in [0.4, 0.5) is 0 Å². The molecule has 0 aliphatic carbocycles. The van der Waals surface area contributed by atoms with E-state index in [1.165, 1.54) is 0 Å². The Balaban J connectivity index is 2.97. The van der Waals surface area contributed by atoms with Crippen molar-refractivity contribution in [2.75, 3.05) is 0 Å². The summed E-state index contributed by atoms with van der Waals surface area (Å²) in [6.45, 7) is 5.54. The molecule has 0 aromatic heterocycles. The Kier molecular flexibility index (Phi) is 4.67. The molecule has 0 unspecified atom stereocenters. The highest BCUT2D eigenvalue weighted by Gasteiger charge is 1.95. The summed E-state index contributed by atoms with van der Waals surface area (Å²) in [5.41, 5.74) is 0. The van der Waals surface area contributed by atoms with Gasteiger partial charge in [0.15, 0.2) is 0 Å². The van der Waals surface area contributed by atoms with Gasteiger partial charge in [-0.2, -0.15) is 0 Å². The maximum atomic E-state index is 8.94. The molecule has 8 heavy (non-hydrogen) atoms. The standard InChI is InChI=1S/C7H14O/c1-3-5-6-7(8)4-2/h3,7-8H,1,4-6H2,2H3/t7-/m0/s1. The van der Waals surface area contributed by atoms with Gasteiger partial charge in [-0.25, -0.2) is 0 Å². The van der Waals surface area contributed by atoms with Crippen LogP contribution in [0.2, 0.25) is 0 Å². The highest BCUT2D eigenvalue weighted by atomic mass is 16.3. The highest BCUT2D eigenvalue weighted by Crippen LogP contribution is 1.99. The summed E-state index contributed by atoms with van der Waals surface area (Å²) in [5.74, 6) is 0. The molecule has 0 aromatic rings. The Morgan fingerprint density at radius 2 is 2.38 bits per heavy atom. The monoisotopic (exact) mass is 114 g/mol. The van der Waals surface area contributed by atoms with Gasteiger partial charge in [-0.15, -0.1) is 6.58 Å². The average molecular weight is 114 g/mol. The van der Waals surface area contributed by atoms with Crippen molar-refractivity contribution in [3.05, 3.63) is 12.7 Å². The summed E-state index contributed by atoms with van der Waals surface area (Å²) in [6, 6.07) is 0. The van der Waals surface area contributed by atoms with Crippen LogP contribution >= 0.6 is 0 Å². The van der Waals surface area contributed by atoms with Crippen molar-refractivity contribution in [3.8, 4) is 0 Å². The topological polar surface area (TPSA) is 20.2 Å². The van der Waals surface area contributed by atoms with Gasteiger partial charge in [-0.05, 0) is 19.3 Å². The van der Waals surface area contributed by atoms with E-state index in [9.17, 15) is 0 Å². The van der Waals surface area contributed by atoms with Gasteiger partial charge < -0.3 is 5.11 Å². The molecule has 1 atom stereocenters. The maximum Gasteiger partial charge on any atom is 0.0540 e. The van der Waals surface area contributed by atoms with Crippen LogP contribution in [0.3, 0.4) is 0 Å². The van der Waals surface area contributed by atoms with Gasteiger partial charge in [0, 0.05) is 0 Å². The van der Waals surface area contributed by atoms with Gasteiger partial charge in [0.05, 0.1) is 6.10 Å². The first-order valence-electron chi connectivity index (χ1n) is 3.10. The van der Waals surface area contributed by atoms with E-state index in [2.05, 4.69) is 6.58 Å². The van der Waals surface area contributed by atoms with Gasteiger partial charge in [-0.3, -0.25) is 0 Å². The van der Waals surface area contributed by atoms with Crippen LogP contribution in [0.25, 0.3) is 0 Å². The number of allylic oxidation sites excluding steroid dienone is 1. The van der Waals surface area contributed by atoms with E-state index >= 15 is 0 Å². The fourth-order valence-electron chi connectivity index (χ4n) is 0.514. The Morgan fingerprint density at radius 1 is 1.75 bits per heavy atom. The van der Waals surface area contributed by atoms with E-state index in [1.807, 2.05) is 13.0 Å². The molecular formula is C7H14O. The molecule has 0 aliphatic heterocycles. The Labute approximate surface area is 51.0 Å². The minimum atomic E-state index is -0.118. The Hall–Kier alpha value is -0.300. The van der Waals surface area contributed by atoms with E-state index in [0.29, 0.717) is 0 Å². The van der Waals surface area contributed by atoms with Gasteiger partial charge in [-0.1, -0.05) is 13.0 Å². The second kappa shape index (κ2) is 4.85. The first kappa shape index (κ1) is 7.70. The van der Waals surface area contributed by atoms with Gasteiger partial charge in [0.25, 0.3) is 0 Å². The molecule has 0 amide bonds. The van der Waals surface area contributed by atoms with Crippen LogP contribution in [-0.2, 0) is 0 Å². The van der Waals surface area contributed by atoms with Gasteiger partial charge >= 0.3 is 0 Å². The number of aliphatic hydroxyl groups excluding tert-OH is 1. The summed E-state index contributed by atoms with van der Waals surface area (Å²) in [7, 11) is 0. The third-order valence-corrected chi connectivity index (χ3v) is 1.18. The molecule has 0 bridgehead atoms. The van der Waals surface area contributed by atoms with Crippen LogP contribution < -0.4 is 0 Å². The minimum Gasteiger partial charge on any atom is -0.393 e. The van der Waals surface area contributed by atoms with Gasteiger partial charge in [0.2, 0.25) is 0 Å². The maximum absolute atomic E-state index is 8.94. The van der Waals surface area contributed by atoms with Crippen LogP contribution in [-0.4, -0.2) is 11.2 Å². The largest absolute Gasteiger partial charge is 0.393 e. The smallest absolute Gasteiger partial charge is 0.0540 e. The molecular weight excluding hydrogens is 100 g/mol. The van der Waals surface area contributed by atoms with Crippen molar-refractivity contribution in [1.29, 1.82) is 0 Å². The van der Waals surface area contributed by atoms with Crippen molar-refractivity contribution in [2.24, 2.45) is 0 Å². The molecule has 0 saturated carbocycles. The molecule has 0 aromatic carbocycles. The van der Waals surface area contributed by atoms with Crippen molar-refractivity contribution in [3.63, 3.8) is 0 Å². The van der Waals surface area contributed by atoms with Crippen molar-refractivity contribution in [1.82, 2.24) is 0 Å². The van der Waals surface area contributed by atoms with E-state index in [-0.39, 0.29) is 6.10 Å². The fourth-order valence-corrected chi connectivity index (χ4v) is 0.514. The SMILES string of the molecule is C=CCC[C@@H](O)CC. The van der Waals surface area contributed by atoms with Crippen LogP contribution in [0.15, 0.2) is 12.7 Å². The number of hydrogen-bond acceptors (Lipinski definition) is 1. The lowest BCUT2D eigenvalue weighted by atomic mass is 10.1. The third kappa shape index (κ3) is 3.88. The van der Waals surface area contributed by atoms with E-state index < -0.39 is 0 Å². The Morgan fingerprint density at radius 3 is 2.75 bits per heavy atom. The lowest BCUT2D eigenvalue weighted by Gasteiger charge is -2.02. The molecule has 0 heterocycles. The molecule has 0 radical (unpaired) electrons. The van der Waals surface area contributed by atoms with E-state index in [0.717, 1.165) is 19.3 Å². The van der Waals surface area contributed by atoms with Crippen molar-refractivity contribution >= 4 is 0 Å². The van der Waals surface area contributed by atoms with Crippen molar-refractivity contribution in [2.45, 2.75) is 32.3 Å². The molecule has 1 heteroatoms. The number of aliphatic hydroxyl groups is 1. The molecule has 0 rings (SSSR count). The van der Waals surface area contributed by atoms with Crippen LogP contribution in [0.5, 0.6) is 0 Å². The minimum absolute atomic E-state index is 0.118. The van der Waals surface area contributed by atoms with E-state index in [4.69, 9.17) is 5.11 Å². The molecule has 0 spiro atoms. The lowest BCUT2D eigenvalue weighted by molar-refractivity contribution is 0.161. The number of rotatable bonds is 4. The summed E-state index contributed by atoms with van der Waals surface area (Å²) in [5, 5.41) is 8.94. The first-order valence-corrected chi connectivity index (χ1v) is 3.10. The summed E-state index contributed by atoms with van der Waals surface area (Å²) < 4.78 is 0. The zero-order chi connectivity index (χ0) is 6.41. The molecule has 0 fully saturated rings. The molecule has 48 valence electrons. The molecule has 0 aliphatic rings. The quantitative estimate of drug-likeness (QED) is 0.552. The second-order valence-electron chi connectivity index (χ2n) is 1.93. The lowest BCUT2D eigenvalue weighted by Crippen LogP contribution is -2.02. The predicted molar refractivity (Wildman–Crippen MR) is 35.7 cm³/mol. The molecule has 1 N–H and O–H groups in total. The zero-order valence-electron chi connectivity index (χ0n) is 5.43. The normalized spacial score (nSPS) is 13.2. The zero-order valence-corrected chi connectivity index (χ0v) is 5.43. The second-order valence-corrected chi connectivity index (χ2v) is 1.93. The van der Waals surface area contributed by atoms with Gasteiger partial charge in [0.1, 0.15) is 0 Å². The van der Waals surface area contributed by atoms with Crippen molar-refractivity contribution < 1.29 is 5.11 Å². The average Bonchev–Trinajstić information content (AvgIpc) is 1.83. The van der Waals surface area contributed by atoms with Crippen LogP contribution in [0.1, 0.15) is 26.2 Å². The highest BCUT2D eigenvalue weighted by molar-refractivity contribution is 4.68. The summed E-state index contributed by atoms with van der Waals surface area (Å²) in [6.07, 6.45) is 4.36. The Bertz CT molecular complexity index is 59.4.